The SMILES string of the molecule is CN(C)c1cccc(Nc2cc(C(F)(F)F)ncc2N)c1. The lowest BCUT2D eigenvalue weighted by Gasteiger charge is -2.16. The molecule has 0 aliphatic rings. The number of anilines is 4. The molecule has 0 amide bonds. The minimum absolute atomic E-state index is 0.151. The Balaban J connectivity index is 2.33. The first-order valence-electron chi connectivity index (χ1n) is 6.14. The van der Waals surface area contributed by atoms with E-state index in [0.29, 0.717) is 5.69 Å². The molecule has 0 aliphatic carbocycles. The zero-order valence-corrected chi connectivity index (χ0v) is 11.6. The highest BCUT2D eigenvalue weighted by molar-refractivity contribution is 5.73. The van der Waals surface area contributed by atoms with Gasteiger partial charge in [-0.25, -0.2) is 4.98 Å². The molecule has 21 heavy (non-hydrogen) atoms. The van der Waals surface area contributed by atoms with Crippen LogP contribution in [0.1, 0.15) is 5.69 Å². The van der Waals surface area contributed by atoms with Crippen LogP contribution in [0.15, 0.2) is 36.5 Å². The minimum atomic E-state index is -4.50. The van der Waals surface area contributed by atoms with Gasteiger partial charge < -0.3 is 16.0 Å². The number of alkyl halides is 3. The molecule has 1 aromatic heterocycles. The van der Waals surface area contributed by atoms with Crippen molar-refractivity contribution in [3.63, 3.8) is 0 Å². The molecule has 0 saturated heterocycles. The number of halogens is 3. The molecule has 2 aromatic rings. The van der Waals surface area contributed by atoms with Crippen molar-refractivity contribution in [1.82, 2.24) is 4.98 Å². The molecular weight excluding hydrogens is 281 g/mol. The first-order valence-corrected chi connectivity index (χ1v) is 6.14. The van der Waals surface area contributed by atoms with E-state index in [4.69, 9.17) is 5.73 Å². The Hall–Kier alpha value is -2.44. The van der Waals surface area contributed by atoms with Gasteiger partial charge in [0.05, 0.1) is 17.6 Å². The van der Waals surface area contributed by atoms with Crippen molar-refractivity contribution in [2.75, 3.05) is 30.0 Å². The Morgan fingerprint density at radius 1 is 1.19 bits per heavy atom. The fourth-order valence-corrected chi connectivity index (χ4v) is 1.75. The number of hydrogen-bond donors (Lipinski definition) is 2. The number of hydrogen-bond acceptors (Lipinski definition) is 4. The summed E-state index contributed by atoms with van der Waals surface area (Å²) in [6.45, 7) is 0. The lowest BCUT2D eigenvalue weighted by atomic mass is 10.2. The van der Waals surface area contributed by atoms with Crippen LogP contribution in [0, 0.1) is 0 Å². The lowest BCUT2D eigenvalue weighted by Crippen LogP contribution is -2.10. The Kier molecular flexibility index (Phi) is 3.93. The van der Waals surface area contributed by atoms with Gasteiger partial charge in [-0.3, -0.25) is 0 Å². The maximum Gasteiger partial charge on any atom is 0.433 e. The van der Waals surface area contributed by atoms with E-state index < -0.39 is 11.9 Å². The fraction of sp³-hybridized carbons (Fsp3) is 0.214. The topological polar surface area (TPSA) is 54.2 Å². The second-order valence-corrected chi connectivity index (χ2v) is 4.72. The summed E-state index contributed by atoms with van der Waals surface area (Å²) in [6, 6.07) is 8.16. The zero-order valence-electron chi connectivity index (χ0n) is 11.6. The first-order chi connectivity index (χ1) is 9.77. The van der Waals surface area contributed by atoms with E-state index in [1.54, 1.807) is 12.1 Å². The van der Waals surface area contributed by atoms with Crippen molar-refractivity contribution >= 4 is 22.7 Å². The van der Waals surface area contributed by atoms with Crippen molar-refractivity contribution in [3.05, 3.63) is 42.2 Å². The monoisotopic (exact) mass is 296 g/mol. The molecule has 0 aliphatic heterocycles. The van der Waals surface area contributed by atoms with Crippen molar-refractivity contribution in [1.29, 1.82) is 0 Å². The van der Waals surface area contributed by atoms with E-state index in [2.05, 4.69) is 10.3 Å². The number of nitrogens with one attached hydrogen (secondary N) is 1. The Bertz CT molecular complexity index is 638. The van der Waals surface area contributed by atoms with Gasteiger partial charge >= 0.3 is 6.18 Å². The van der Waals surface area contributed by atoms with Gasteiger partial charge in [0.1, 0.15) is 5.69 Å². The van der Waals surface area contributed by atoms with Gasteiger partial charge in [-0.15, -0.1) is 0 Å². The van der Waals surface area contributed by atoms with Crippen LogP contribution < -0.4 is 16.0 Å². The summed E-state index contributed by atoms with van der Waals surface area (Å²) in [5.41, 5.74) is 6.58. The summed E-state index contributed by atoms with van der Waals surface area (Å²) in [6.07, 6.45) is -3.50. The van der Waals surface area contributed by atoms with Crippen molar-refractivity contribution < 1.29 is 13.2 Å². The predicted octanol–water partition coefficient (Wildman–Crippen LogP) is 3.49. The third-order valence-corrected chi connectivity index (χ3v) is 2.87. The summed E-state index contributed by atoms with van der Waals surface area (Å²) in [7, 11) is 3.75. The van der Waals surface area contributed by atoms with E-state index in [1.807, 2.05) is 31.1 Å². The standard InChI is InChI=1S/C14H15F3N4/c1-21(2)10-5-3-4-9(6-10)20-12-7-13(14(15,16)17)19-8-11(12)18/h3-8H,18H2,1-2H3,(H,19,20). The minimum Gasteiger partial charge on any atom is -0.396 e. The fourth-order valence-electron chi connectivity index (χ4n) is 1.75. The molecule has 1 aromatic carbocycles. The zero-order chi connectivity index (χ0) is 15.6. The van der Waals surface area contributed by atoms with E-state index in [-0.39, 0.29) is 11.4 Å². The highest BCUT2D eigenvalue weighted by Gasteiger charge is 2.32. The third-order valence-electron chi connectivity index (χ3n) is 2.87. The molecule has 2 rings (SSSR count). The summed E-state index contributed by atoms with van der Waals surface area (Å²) in [5.74, 6) is 0. The van der Waals surface area contributed by atoms with Crippen LogP contribution in [-0.4, -0.2) is 19.1 Å². The molecule has 1 heterocycles. The van der Waals surface area contributed by atoms with Crippen LogP contribution in [0.3, 0.4) is 0 Å². The van der Waals surface area contributed by atoms with Gasteiger partial charge in [-0.2, -0.15) is 13.2 Å². The lowest BCUT2D eigenvalue weighted by molar-refractivity contribution is -0.141. The molecule has 0 spiro atoms. The Morgan fingerprint density at radius 3 is 2.52 bits per heavy atom. The van der Waals surface area contributed by atoms with Crippen LogP contribution in [0.25, 0.3) is 0 Å². The molecule has 0 unspecified atom stereocenters. The maximum absolute atomic E-state index is 12.7. The largest absolute Gasteiger partial charge is 0.433 e. The maximum atomic E-state index is 12.7. The van der Waals surface area contributed by atoms with Gasteiger partial charge in [-0.05, 0) is 24.3 Å². The molecule has 0 bridgehead atoms. The summed E-state index contributed by atoms with van der Waals surface area (Å²) in [5, 5.41) is 2.89. The Labute approximate surface area is 120 Å². The van der Waals surface area contributed by atoms with Gasteiger partial charge in [-0.1, -0.05) is 6.07 Å². The predicted molar refractivity (Wildman–Crippen MR) is 77.7 cm³/mol. The molecule has 112 valence electrons. The van der Waals surface area contributed by atoms with Crippen molar-refractivity contribution in [3.8, 4) is 0 Å². The first kappa shape index (κ1) is 15.0. The summed E-state index contributed by atoms with van der Waals surface area (Å²) in [4.78, 5) is 5.19. The number of nitrogen functional groups attached to an aromatic ring is 1. The summed E-state index contributed by atoms with van der Waals surface area (Å²) < 4.78 is 38.0. The number of nitrogens with two attached hydrogens (primary N) is 1. The number of pyridine rings is 1. The average Bonchev–Trinajstić information content (AvgIpc) is 2.40. The smallest absolute Gasteiger partial charge is 0.396 e. The van der Waals surface area contributed by atoms with E-state index in [9.17, 15) is 13.2 Å². The highest BCUT2D eigenvalue weighted by Crippen LogP contribution is 2.32. The molecule has 0 saturated carbocycles. The van der Waals surface area contributed by atoms with E-state index in [1.165, 1.54) is 0 Å². The average molecular weight is 296 g/mol. The quantitative estimate of drug-likeness (QED) is 0.910. The van der Waals surface area contributed by atoms with E-state index in [0.717, 1.165) is 18.0 Å². The van der Waals surface area contributed by atoms with E-state index >= 15 is 0 Å². The molecule has 0 radical (unpaired) electrons. The van der Waals surface area contributed by atoms with Gasteiger partial charge in [0.25, 0.3) is 0 Å². The van der Waals surface area contributed by atoms with Crippen LogP contribution in [0.4, 0.5) is 35.9 Å². The van der Waals surface area contributed by atoms with Gasteiger partial charge in [0.2, 0.25) is 0 Å². The molecule has 3 N–H and O–H groups in total. The number of rotatable bonds is 3. The molecule has 0 atom stereocenters. The van der Waals surface area contributed by atoms with Gasteiger partial charge in [0.15, 0.2) is 0 Å². The van der Waals surface area contributed by atoms with Crippen LogP contribution >= 0.6 is 0 Å². The van der Waals surface area contributed by atoms with Crippen molar-refractivity contribution in [2.45, 2.75) is 6.18 Å². The van der Waals surface area contributed by atoms with Gasteiger partial charge in [0, 0.05) is 25.5 Å². The molecule has 4 nitrogen and oxygen atoms in total. The summed E-state index contributed by atoms with van der Waals surface area (Å²) >= 11 is 0. The van der Waals surface area contributed by atoms with Crippen LogP contribution in [0.2, 0.25) is 0 Å². The second-order valence-electron chi connectivity index (χ2n) is 4.72. The second kappa shape index (κ2) is 5.51. The highest BCUT2D eigenvalue weighted by atomic mass is 19.4. The number of benzene rings is 1. The number of aromatic nitrogens is 1. The number of nitrogens with zero attached hydrogens (tertiary/aromatic N) is 2. The molecular formula is C14H15F3N4. The Morgan fingerprint density at radius 2 is 1.90 bits per heavy atom. The van der Waals surface area contributed by atoms with Crippen LogP contribution in [0.5, 0.6) is 0 Å². The molecule has 7 heteroatoms. The van der Waals surface area contributed by atoms with Crippen LogP contribution in [-0.2, 0) is 6.18 Å². The third kappa shape index (κ3) is 3.56. The normalized spacial score (nSPS) is 11.3. The molecule has 0 fully saturated rings. The van der Waals surface area contributed by atoms with Crippen molar-refractivity contribution in [2.24, 2.45) is 0 Å².